The Morgan fingerprint density at radius 1 is 1.30 bits per heavy atom. The van der Waals surface area contributed by atoms with Crippen LogP contribution in [0.3, 0.4) is 0 Å². The fourth-order valence-corrected chi connectivity index (χ4v) is 3.31. The fraction of sp³-hybridized carbons (Fsp3) is 0.533. The SMILES string of the molecule is O=C(CSCc1ccc(Cl)cc1)NCC1(O)CCCC1. The molecule has 0 radical (unpaired) electrons. The van der Waals surface area contributed by atoms with Crippen molar-refractivity contribution in [1.82, 2.24) is 5.32 Å². The summed E-state index contributed by atoms with van der Waals surface area (Å²) in [7, 11) is 0. The molecule has 0 heterocycles. The van der Waals surface area contributed by atoms with Gasteiger partial charge in [-0.25, -0.2) is 0 Å². The third kappa shape index (κ3) is 5.00. The fourth-order valence-electron chi connectivity index (χ4n) is 2.37. The Morgan fingerprint density at radius 2 is 1.95 bits per heavy atom. The predicted molar refractivity (Wildman–Crippen MR) is 84.0 cm³/mol. The van der Waals surface area contributed by atoms with Gasteiger partial charge in [0.25, 0.3) is 0 Å². The monoisotopic (exact) mass is 313 g/mol. The summed E-state index contributed by atoms with van der Waals surface area (Å²) in [4.78, 5) is 11.7. The van der Waals surface area contributed by atoms with Crippen LogP contribution < -0.4 is 5.32 Å². The van der Waals surface area contributed by atoms with Crippen LogP contribution >= 0.6 is 23.4 Å². The van der Waals surface area contributed by atoms with Crippen LogP contribution in [0.4, 0.5) is 0 Å². The quantitative estimate of drug-likeness (QED) is 0.849. The van der Waals surface area contributed by atoms with Crippen LogP contribution in [0.15, 0.2) is 24.3 Å². The number of amides is 1. The van der Waals surface area contributed by atoms with Gasteiger partial charge in [0.15, 0.2) is 0 Å². The number of halogens is 1. The van der Waals surface area contributed by atoms with Crippen molar-refractivity contribution in [3.63, 3.8) is 0 Å². The molecule has 0 aromatic heterocycles. The molecule has 0 spiro atoms. The minimum absolute atomic E-state index is 0.00992. The smallest absolute Gasteiger partial charge is 0.230 e. The van der Waals surface area contributed by atoms with Crippen molar-refractivity contribution in [2.24, 2.45) is 0 Å². The van der Waals surface area contributed by atoms with Gasteiger partial charge in [-0.2, -0.15) is 0 Å². The summed E-state index contributed by atoms with van der Waals surface area (Å²) in [5.74, 6) is 1.19. The summed E-state index contributed by atoms with van der Waals surface area (Å²) in [6.45, 7) is 0.382. The first-order valence-electron chi connectivity index (χ1n) is 6.89. The molecule has 5 heteroatoms. The van der Waals surface area contributed by atoms with E-state index in [9.17, 15) is 9.90 Å². The molecule has 0 atom stereocenters. The van der Waals surface area contributed by atoms with Gasteiger partial charge in [0, 0.05) is 17.3 Å². The predicted octanol–water partition coefficient (Wildman–Crippen LogP) is 2.99. The van der Waals surface area contributed by atoms with E-state index >= 15 is 0 Å². The van der Waals surface area contributed by atoms with E-state index in [1.807, 2.05) is 24.3 Å². The Hall–Kier alpha value is -0.710. The van der Waals surface area contributed by atoms with Crippen LogP contribution in [-0.2, 0) is 10.5 Å². The minimum atomic E-state index is -0.670. The van der Waals surface area contributed by atoms with Crippen LogP contribution in [0, 0.1) is 0 Å². The molecule has 1 aromatic rings. The van der Waals surface area contributed by atoms with Gasteiger partial charge in [0.05, 0.1) is 11.4 Å². The number of hydrogen-bond donors (Lipinski definition) is 2. The number of benzene rings is 1. The van der Waals surface area contributed by atoms with Crippen molar-refractivity contribution in [3.8, 4) is 0 Å². The van der Waals surface area contributed by atoms with E-state index in [4.69, 9.17) is 11.6 Å². The van der Waals surface area contributed by atoms with E-state index in [0.717, 1.165) is 42.0 Å². The highest BCUT2D eigenvalue weighted by Gasteiger charge is 2.31. The number of thioether (sulfide) groups is 1. The van der Waals surface area contributed by atoms with Crippen molar-refractivity contribution in [3.05, 3.63) is 34.9 Å². The lowest BCUT2D eigenvalue weighted by Crippen LogP contribution is -2.41. The first kappa shape index (κ1) is 15.7. The molecular formula is C15H20ClNO2S. The molecule has 1 amide bonds. The molecule has 0 bridgehead atoms. The Morgan fingerprint density at radius 3 is 2.60 bits per heavy atom. The highest BCUT2D eigenvalue weighted by Crippen LogP contribution is 2.28. The van der Waals surface area contributed by atoms with Crippen molar-refractivity contribution in [1.29, 1.82) is 0 Å². The summed E-state index contributed by atoms with van der Waals surface area (Å²) in [5, 5.41) is 13.7. The van der Waals surface area contributed by atoms with Gasteiger partial charge in [-0.3, -0.25) is 4.79 Å². The second-order valence-electron chi connectivity index (χ2n) is 5.33. The number of rotatable bonds is 6. The number of hydrogen-bond acceptors (Lipinski definition) is 3. The second kappa shape index (κ2) is 7.34. The molecule has 0 saturated heterocycles. The van der Waals surface area contributed by atoms with Gasteiger partial charge in [0.2, 0.25) is 5.91 Å². The molecule has 1 aliphatic carbocycles. The molecule has 110 valence electrons. The summed E-state index contributed by atoms with van der Waals surface area (Å²) >= 11 is 7.38. The molecule has 1 saturated carbocycles. The van der Waals surface area contributed by atoms with Gasteiger partial charge in [-0.05, 0) is 30.5 Å². The maximum Gasteiger partial charge on any atom is 0.230 e. The topological polar surface area (TPSA) is 49.3 Å². The molecule has 1 aromatic carbocycles. The highest BCUT2D eigenvalue weighted by molar-refractivity contribution is 7.99. The minimum Gasteiger partial charge on any atom is -0.388 e. The second-order valence-corrected chi connectivity index (χ2v) is 6.75. The normalized spacial score (nSPS) is 17.1. The lowest BCUT2D eigenvalue weighted by Gasteiger charge is -2.22. The molecule has 3 nitrogen and oxygen atoms in total. The van der Waals surface area contributed by atoms with Crippen molar-refractivity contribution < 1.29 is 9.90 Å². The first-order valence-corrected chi connectivity index (χ1v) is 8.42. The third-order valence-corrected chi connectivity index (χ3v) is 4.82. The number of carbonyl (C=O) groups is 1. The Kier molecular flexibility index (Phi) is 5.75. The van der Waals surface area contributed by atoms with Crippen molar-refractivity contribution in [2.75, 3.05) is 12.3 Å². The third-order valence-electron chi connectivity index (χ3n) is 3.56. The largest absolute Gasteiger partial charge is 0.388 e. The van der Waals surface area contributed by atoms with E-state index in [1.54, 1.807) is 11.8 Å². The lowest BCUT2D eigenvalue weighted by molar-refractivity contribution is -0.119. The molecule has 0 aliphatic heterocycles. The Labute approximate surface area is 129 Å². The van der Waals surface area contributed by atoms with Gasteiger partial charge >= 0.3 is 0 Å². The van der Waals surface area contributed by atoms with E-state index < -0.39 is 5.60 Å². The van der Waals surface area contributed by atoms with Crippen molar-refractivity contribution in [2.45, 2.75) is 37.0 Å². The van der Waals surface area contributed by atoms with E-state index in [0.29, 0.717) is 12.3 Å². The van der Waals surface area contributed by atoms with Gasteiger partial charge < -0.3 is 10.4 Å². The zero-order valence-corrected chi connectivity index (χ0v) is 13.0. The summed E-state index contributed by atoms with van der Waals surface area (Å²) in [6.07, 6.45) is 3.70. The molecule has 1 aliphatic rings. The Balaban J connectivity index is 1.64. The van der Waals surface area contributed by atoms with Crippen LogP contribution in [-0.4, -0.2) is 28.9 Å². The zero-order chi connectivity index (χ0) is 14.4. The maximum absolute atomic E-state index is 11.7. The first-order chi connectivity index (χ1) is 9.57. The van der Waals surface area contributed by atoms with Gasteiger partial charge in [-0.15, -0.1) is 11.8 Å². The average Bonchev–Trinajstić information content (AvgIpc) is 2.86. The van der Waals surface area contributed by atoms with Crippen LogP contribution in [0.1, 0.15) is 31.2 Å². The van der Waals surface area contributed by atoms with Gasteiger partial charge in [0.1, 0.15) is 0 Å². The maximum atomic E-state index is 11.7. The average molecular weight is 314 g/mol. The molecule has 20 heavy (non-hydrogen) atoms. The molecule has 0 unspecified atom stereocenters. The number of nitrogens with one attached hydrogen (secondary N) is 1. The zero-order valence-electron chi connectivity index (χ0n) is 11.4. The van der Waals surface area contributed by atoms with E-state index in [1.165, 1.54) is 0 Å². The van der Waals surface area contributed by atoms with E-state index in [2.05, 4.69) is 5.32 Å². The molecule has 1 fully saturated rings. The number of aliphatic hydroxyl groups is 1. The number of carbonyl (C=O) groups excluding carboxylic acids is 1. The highest BCUT2D eigenvalue weighted by atomic mass is 35.5. The lowest BCUT2D eigenvalue weighted by atomic mass is 10.0. The van der Waals surface area contributed by atoms with Gasteiger partial charge in [-0.1, -0.05) is 36.6 Å². The molecule has 2 N–H and O–H groups in total. The summed E-state index contributed by atoms with van der Waals surface area (Å²) in [5.41, 5.74) is 0.484. The van der Waals surface area contributed by atoms with Crippen molar-refractivity contribution >= 4 is 29.3 Å². The van der Waals surface area contributed by atoms with E-state index in [-0.39, 0.29) is 5.91 Å². The molecule has 2 rings (SSSR count). The standard InChI is InChI=1S/C15H20ClNO2S/c16-13-5-3-12(4-6-13)9-20-10-14(18)17-11-15(19)7-1-2-8-15/h3-6,19H,1-2,7-11H2,(H,17,18). The summed E-state index contributed by atoms with van der Waals surface area (Å²) < 4.78 is 0. The van der Waals surface area contributed by atoms with Crippen LogP contribution in [0.2, 0.25) is 5.02 Å². The Bertz CT molecular complexity index is 444. The van der Waals surface area contributed by atoms with Crippen LogP contribution in [0.25, 0.3) is 0 Å². The molecular weight excluding hydrogens is 294 g/mol. The summed E-state index contributed by atoms with van der Waals surface area (Å²) in [6, 6.07) is 7.64. The van der Waals surface area contributed by atoms with Crippen LogP contribution in [0.5, 0.6) is 0 Å².